The summed E-state index contributed by atoms with van der Waals surface area (Å²) in [4.78, 5) is 0. The Balaban J connectivity index is 2.47. The minimum atomic E-state index is -4.18. The van der Waals surface area contributed by atoms with Gasteiger partial charge in [-0.1, -0.05) is 0 Å². The van der Waals surface area contributed by atoms with Gasteiger partial charge < -0.3 is 5.32 Å². The molecule has 0 atom stereocenters. The largest absolute Gasteiger partial charge is 0.389 e. The Labute approximate surface area is 95.9 Å². The van der Waals surface area contributed by atoms with E-state index in [2.05, 4.69) is 5.32 Å². The average molecular weight is 246 g/mol. The summed E-state index contributed by atoms with van der Waals surface area (Å²) in [5.41, 5.74) is 0.437. The van der Waals surface area contributed by atoms with Crippen LogP contribution in [0.2, 0.25) is 0 Å². The molecule has 0 aliphatic carbocycles. The summed E-state index contributed by atoms with van der Waals surface area (Å²) in [6.45, 7) is 0.0772. The van der Waals surface area contributed by atoms with Crippen LogP contribution in [0.4, 0.5) is 23.2 Å². The van der Waals surface area contributed by atoms with Crippen molar-refractivity contribution in [1.82, 2.24) is 0 Å². The fourth-order valence-electron chi connectivity index (χ4n) is 1.28. The van der Waals surface area contributed by atoms with E-state index in [1.165, 1.54) is 6.07 Å². The van der Waals surface area contributed by atoms with Crippen LogP contribution in [-0.4, -0.2) is 12.7 Å². The quantitative estimate of drug-likeness (QED) is 0.652. The van der Waals surface area contributed by atoms with Crippen molar-refractivity contribution in [1.29, 1.82) is 5.26 Å². The van der Waals surface area contributed by atoms with Crippen LogP contribution in [0.15, 0.2) is 18.2 Å². The maximum Gasteiger partial charge on any atom is 0.389 e. The first-order valence-electron chi connectivity index (χ1n) is 4.92. The molecule has 0 aliphatic heterocycles. The van der Waals surface area contributed by atoms with Crippen molar-refractivity contribution >= 4 is 5.69 Å². The number of benzene rings is 1. The molecule has 0 aromatic heterocycles. The maximum absolute atomic E-state index is 12.9. The molecule has 0 heterocycles. The standard InChI is InChI=1S/C11H10F4N2/c12-9-4-8(7-16)5-10(6-9)17-3-1-2-11(13,14)15/h4-6,17H,1-3H2. The van der Waals surface area contributed by atoms with E-state index in [-0.39, 0.29) is 18.5 Å². The van der Waals surface area contributed by atoms with Crippen LogP contribution in [0.5, 0.6) is 0 Å². The lowest BCUT2D eigenvalue weighted by atomic mass is 10.2. The molecule has 17 heavy (non-hydrogen) atoms. The van der Waals surface area contributed by atoms with Crippen molar-refractivity contribution in [3.8, 4) is 6.07 Å². The number of nitriles is 1. The van der Waals surface area contributed by atoms with Crippen LogP contribution in [-0.2, 0) is 0 Å². The Bertz CT molecular complexity index is 420. The minimum absolute atomic E-state index is 0.0772. The maximum atomic E-state index is 12.9. The second-order valence-corrected chi connectivity index (χ2v) is 3.49. The molecule has 1 aromatic carbocycles. The first-order valence-corrected chi connectivity index (χ1v) is 4.92. The molecule has 1 aromatic rings. The fourth-order valence-corrected chi connectivity index (χ4v) is 1.28. The Hall–Kier alpha value is -1.77. The van der Waals surface area contributed by atoms with Crippen molar-refractivity contribution in [2.45, 2.75) is 19.0 Å². The van der Waals surface area contributed by atoms with Gasteiger partial charge in [-0.2, -0.15) is 18.4 Å². The van der Waals surface area contributed by atoms with E-state index >= 15 is 0 Å². The van der Waals surface area contributed by atoms with E-state index in [1.54, 1.807) is 6.07 Å². The highest BCUT2D eigenvalue weighted by atomic mass is 19.4. The lowest BCUT2D eigenvalue weighted by molar-refractivity contribution is -0.134. The topological polar surface area (TPSA) is 35.8 Å². The van der Waals surface area contributed by atoms with Crippen LogP contribution in [0.1, 0.15) is 18.4 Å². The highest BCUT2D eigenvalue weighted by molar-refractivity contribution is 5.49. The van der Waals surface area contributed by atoms with E-state index < -0.39 is 18.4 Å². The van der Waals surface area contributed by atoms with Gasteiger partial charge in [0.25, 0.3) is 0 Å². The second kappa shape index (κ2) is 5.53. The van der Waals surface area contributed by atoms with Crippen LogP contribution < -0.4 is 5.32 Å². The third kappa shape index (κ3) is 5.20. The molecule has 0 amide bonds. The van der Waals surface area contributed by atoms with Gasteiger partial charge in [0, 0.05) is 18.7 Å². The molecule has 0 fully saturated rings. The van der Waals surface area contributed by atoms with E-state index in [0.717, 1.165) is 12.1 Å². The molecule has 0 spiro atoms. The Morgan fingerprint density at radius 2 is 1.94 bits per heavy atom. The van der Waals surface area contributed by atoms with E-state index in [9.17, 15) is 17.6 Å². The van der Waals surface area contributed by atoms with Gasteiger partial charge in [-0.3, -0.25) is 0 Å². The number of rotatable bonds is 4. The number of anilines is 1. The number of hydrogen-bond acceptors (Lipinski definition) is 2. The Morgan fingerprint density at radius 1 is 1.24 bits per heavy atom. The van der Waals surface area contributed by atoms with Gasteiger partial charge >= 0.3 is 6.18 Å². The van der Waals surface area contributed by atoms with E-state index in [0.29, 0.717) is 5.69 Å². The van der Waals surface area contributed by atoms with Gasteiger partial charge in [-0.25, -0.2) is 4.39 Å². The molecule has 0 aliphatic rings. The van der Waals surface area contributed by atoms with Crippen LogP contribution in [0, 0.1) is 17.1 Å². The van der Waals surface area contributed by atoms with Gasteiger partial charge in [0.05, 0.1) is 11.6 Å². The van der Waals surface area contributed by atoms with Crippen LogP contribution in [0.25, 0.3) is 0 Å². The molecule has 1 rings (SSSR count). The normalized spacial score (nSPS) is 11.0. The van der Waals surface area contributed by atoms with Crippen molar-refractivity contribution in [2.24, 2.45) is 0 Å². The zero-order valence-corrected chi connectivity index (χ0v) is 8.81. The Kier molecular flexibility index (Phi) is 4.32. The number of hydrogen-bond donors (Lipinski definition) is 1. The zero-order valence-electron chi connectivity index (χ0n) is 8.81. The summed E-state index contributed by atoms with van der Waals surface area (Å²) < 4.78 is 48.4. The zero-order chi connectivity index (χ0) is 12.9. The molecular weight excluding hydrogens is 236 g/mol. The number of nitrogens with one attached hydrogen (secondary N) is 1. The second-order valence-electron chi connectivity index (χ2n) is 3.49. The van der Waals surface area contributed by atoms with Gasteiger partial charge in [0.2, 0.25) is 0 Å². The Morgan fingerprint density at radius 3 is 2.53 bits per heavy atom. The molecule has 1 N–H and O–H groups in total. The summed E-state index contributed by atoms with van der Waals surface area (Å²) in [6, 6.07) is 5.34. The number of alkyl halides is 3. The fraction of sp³-hybridized carbons (Fsp3) is 0.364. The van der Waals surface area contributed by atoms with Gasteiger partial charge in [-0.05, 0) is 24.6 Å². The van der Waals surface area contributed by atoms with Crippen molar-refractivity contribution in [3.63, 3.8) is 0 Å². The predicted octanol–water partition coefficient (Wildman–Crippen LogP) is 3.45. The molecule has 0 radical (unpaired) electrons. The number of nitrogens with zero attached hydrogens (tertiary/aromatic N) is 1. The summed E-state index contributed by atoms with van der Waals surface area (Å²) in [7, 11) is 0. The average Bonchev–Trinajstić information content (AvgIpc) is 2.22. The van der Waals surface area contributed by atoms with Crippen molar-refractivity contribution in [3.05, 3.63) is 29.6 Å². The SMILES string of the molecule is N#Cc1cc(F)cc(NCCCC(F)(F)F)c1. The smallest absolute Gasteiger partial charge is 0.385 e. The molecule has 0 saturated heterocycles. The van der Waals surface area contributed by atoms with Gasteiger partial charge in [0.1, 0.15) is 5.82 Å². The first kappa shape index (κ1) is 13.3. The first-order chi connectivity index (χ1) is 7.90. The molecule has 0 bridgehead atoms. The molecule has 0 saturated carbocycles. The highest BCUT2D eigenvalue weighted by Gasteiger charge is 2.25. The molecule has 0 unspecified atom stereocenters. The molecular formula is C11H10F4N2. The summed E-state index contributed by atoms with van der Waals surface area (Å²) >= 11 is 0. The monoisotopic (exact) mass is 246 g/mol. The van der Waals surface area contributed by atoms with Gasteiger partial charge in [0.15, 0.2) is 0 Å². The highest BCUT2D eigenvalue weighted by Crippen LogP contribution is 2.21. The van der Waals surface area contributed by atoms with Gasteiger partial charge in [-0.15, -0.1) is 0 Å². The third-order valence-electron chi connectivity index (χ3n) is 1.99. The van der Waals surface area contributed by atoms with E-state index in [4.69, 9.17) is 5.26 Å². The third-order valence-corrected chi connectivity index (χ3v) is 1.99. The molecule has 92 valence electrons. The van der Waals surface area contributed by atoms with Crippen molar-refractivity contribution < 1.29 is 17.6 Å². The number of halogens is 4. The lowest BCUT2D eigenvalue weighted by Gasteiger charge is -2.08. The summed E-state index contributed by atoms with van der Waals surface area (Å²) in [6.07, 6.45) is -5.16. The summed E-state index contributed by atoms with van der Waals surface area (Å²) in [5, 5.41) is 11.2. The predicted molar refractivity (Wildman–Crippen MR) is 54.9 cm³/mol. The summed E-state index contributed by atoms with van der Waals surface area (Å²) in [5.74, 6) is -0.595. The minimum Gasteiger partial charge on any atom is -0.385 e. The van der Waals surface area contributed by atoms with Crippen LogP contribution >= 0.6 is 0 Å². The van der Waals surface area contributed by atoms with E-state index in [1.807, 2.05) is 0 Å². The molecule has 6 heteroatoms. The van der Waals surface area contributed by atoms with Crippen LogP contribution in [0.3, 0.4) is 0 Å². The lowest BCUT2D eigenvalue weighted by Crippen LogP contribution is -2.11. The van der Waals surface area contributed by atoms with Crippen molar-refractivity contribution in [2.75, 3.05) is 11.9 Å². The molecule has 2 nitrogen and oxygen atoms in total.